The van der Waals surface area contributed by atoms with Crippen LogP contribution in [0.5, 0.6) is 5.75 Å². The molecule has 2 aromatic rings. The lowest BCUT2D eigenvalue weighted by molar-refractivity contribution is -0.255. The summed E-state index contributed by atoms with van der Waals surface area (Å²) in [4.78, 5) is 103. The number of Topliss-reactive ketones (excluding diaryl/α,β-unsaturated/α-hetero) is 1. The van der Waals surface area contributed by atoms with Gasteiger partial charge in [0.2, 0.25) is 5.78 Å². The van der Waals surface area contributed by atoms with Crippen LogP contribution < -0.4 is 40.2 Å². The molecule has 3 aliphatic rings. The second-order valence-electron chi connectivity index (χ2n) is 12.0. The summed E-state index contributed by atoms with van der Waals surface area (Å²) in [6.45, 7) is 3.63. The molecule has 0 saturated carbocycles. The van der Waals surface area contributed by atoms with Gasteiger partial charge < -0.3 is 38.3 Å². The Morgan fingerprint density at radius 3 is 2.11 bits per heavy atom. The number of rotatable bonds is 14. The number of benzene rings is 1. The summed E-state index contributed by atoms with van der Waals surface area (Å²) < 4.78 is 90.7. The number of aromatic nitrogens is 2. The predicted molar refractivity (Wildman–Crippen MR) is 177 cm³/mol. The average molecular weight is 911 g/mol. The fourth-order valence-corrected chi connectivity index (χ4v) is 12.2. The zero-order valence-corrected chi connectivity index (χ0v) is 33.7. The molecule has 1 saturated heterocycles. The lowest BCUT2D eigenvalue weighted by Crippen LogP contribution is -2.33. The number of ketones is 1. The first-order valence-corrected chi connectivity index (χ1v) is 22.9. The fourth-order valence-electron chi connectivity index (χ4n) is 5.40. The van der Waals surface area contributed by atoms with E-state index in [1.54, 1.807) is 13.8 Å². The van der Waals surface area contributed by atoms with Gasteiger partial charge in [-0.25, -0.2) is 27.0 Å². The molecule has 2 aliphatic heterocycles. The number of allylic oxidation sites excluding steroid dienone is 4. The van der Waals surface area contributed by atoms with Crippen molar-refractivity contribution in [1.82, 2.24) is 9.55 Å². The molecule has 302 valence electrons. The summed E-state index contributed by atoms with van der Waals surface area (Å²) in [5.74, 6) is -1.33. The van der Waals surface area contributed by atoms with E-state index in [9.17, 15) is 61.7 Å². The van der Waals surface area contributed by atoms with E-state index < -0.39 is 86.2 Å². The highest BCUT2D eigenvalue weighted by Gasteiger charge is 2.41. The summed E-state index contributed by atoms with van der Waals surface area (Å²) in [7, 11) is -32.3. The predicted octanol–water partition coefficient (Wildman–Crippen LogP) is 1.59. The normalized spacial score (nSPS) is 24.9. The number of nitrogens with zero attached hydrogens (tertiary/aromatic N) is 2. The van der Waals surface area contributed by atoms with Crippen LogP contribution in [0.4, 0.5) is 5.69 Å². The molecule has 30 heteroatoms. The Morgan fingerprint density at radius 2 is 1.49 bits per heavy atom. The van der Waals surface area contributed by atoms with Crippen molar-refractivity contribution in [2.75, 3.05) is 6.61 Å². The highest BCUT2D eigenvalue weighted by Crippen LogP contribution is 2.69. The number of phosphoric ester groups is 2. The van der Waals surface area contributed by atoms with Crippen molar-refractivity contribution < 1.29 is 83.1 Å². The fraction of sp³-hybridized carbons (Fsp3) is 0.360. The van der Waals surface area contributed by atoms with E-state index in [0.29, 0.717) is 0 Å². The second-order valence-corrected chi connectivity index (χ2v) is 20.3. The second kappa shape index (κ2) is 15.5. The largest absolute Gasteiger partial charge is 0.756 e. The number of aromatic amines is 1. The molecule has 7 unspecified atom stereocenters. The van der Waals surface area contributed by atoms with Gasteiger partial charge in [-0.1, -0.05) is 37.0 Å². The first-order valence-electron chi connectivity index (χ1n) is 14.9. The molecule has 0 amide bonds. The Labute approximate surface area is 318 Å². The third-order valence-electron chi connectivity index (χ3n) is 7.64. The van der Waals surface area contributed by atoms with Crippen LogP contribution in [0.2, 0.25) is 0 Å². The Morgan fingerprint density at radius 1 is 0.909 bits per heavy atom. The molecule has 3 heterocycles. The summed E-state index contributed by atoms with van der Waals surface area (Å²) in [5, 5.41) is -0.481. The molecule has 0 bridgehead atoms. The zero-order chi connectivity index (χ0) is 41.1. The summed E-state index contributed by atoms with van der Waals surface area (Å²) in [6, 6.07) is 3.28. The number of fused-ring (bicyclic) bond motifs is 2. The van der Waals surface area contributed by atoms with E-state index in [-0.39, 0.29) is 51.0 Å². The van der Waals surface area contributed by atoms with Crippen molar-refractivity contribution in [3.05, 3.63) is 78.1 Å². The van der Waals surface area contributed by atoms with Crippen molar-refractivity contribution in [1.29, 1.82) is 0 Å². The maximum absolute atomic E-state index is 12.5. The number of carbonyl (C=O) groups excluding carboxylic acids is 1. The molecule has 1 aromatic heterocycles. The van der Waals surface area contributed by atoms with Crippen LogP contribution in [0.1, 0.15) is 44.0 Å². The minimum atomic E-state index is -6.79. The standard InChI is InChI=1S/C25H28Cl2N3O20P5/c1-12-10-30(24(33)29-23(12)32)19-7-5-14(45-19)11-44-51(34,35)47-53(38,39)49-55(42,43)50-54(40,41)48-52(36,37)46-13-4-6-17-15(8-13)25(2,3)20-18(28-17)9-16(26)22(31)21(20)27/h4,6,8-10,14,19H,5,7,11H2,1-3H3,(H,34,35)(H,36,37)(H,38,39)(H,40,41)(H,42,43)(H,29,32,33)/p-5. The van der Waals surface area contributed by atoms with Gasteiger partial charge in [0.05, 0.1) is 34.2 Å². The number of H-pyrrole nitrogens is 1. The summed E-state index contributed by atoms with van der Waals surface area (Å²) in [5.41, 5.74) is -1.60. The highest BCUT2D eigenvalue weighted by molar-refractivity contribution is 7.70. The van der Waals surface area contributed by atoms with Crippen LogP contribution in [0.15, 0.2) is 60.7 Å². The summed E-state index contributed by atoms with van der Waals surface area (Å²) in [6.07, 6.45) is 0.519. The number of hydrogen-bond donors (Lipinski definition) is 1. The number of hydrogen-bond acceptors (Lipinski definition) is 21. The van der Waals surface area contributed by atoms with Gasteiger partial charge in [0.25, 0.3) is 36.9 Å². The molecule has 1 N–H and O–H groups in total. The zero-order valence-electron chi connectivity index (χ0n) is 27.7. The number of carbonyl (C=O) groups is 1. The van der Waals surface area contributed by atoms with Crippen LogP contribution >= 0.6 is 62.3 Å². The van der Waals surface area contributed by atoms with E-state index in [1.807, 2.05) is 4.98 Å². The van der Waals surface area contributed by atoms with E-state index in [2.05, 4.69) is 31.3 Å². The monoisotopic (exact) mass is 910 g/mol. The van der Waals surface area contributed by atoms with E-state index >= 15 is 0 Å². The molecule has 55 heavy (non-hydrogen) atoms. The van der Waals surface area contributed by atoms with Crippen molar-refractivity contribution in [2.24, 2.45) is 4.99 Å². The molecule has 1 aromatic carbocycles. The Bertz CT molecular complexity index is 2430. The molecule has 0 spiro atoms. The lowest BCUT2D eigenvalue weighted by Gasteiger charge is -2.38. The molecule has 1 fully saturated rings. The van der Waals surface area contributed by atoms with Crippen LogP contribution in [-0.2, 0) is 59.5 Å². The number of ether oxygens (including phenoxy) is 1. The number of halogens is 2. The van der Waals surface area contributed by atoms with Gasteiger partial charge >= 0.3 is 13.5 Å². The van der Waals surface area contributed by atoms with Crippen molar-refractivity contribution in [2.45, 2.75) is 51.4 Å². The van der Waals surface area contributed by atoms with Crippen molar-refractivity contribution in [3.8, 4) is 5.75 Å². The van der Waals surface area contributed by atoms with Crippen LogP contribution in [0.25, 0.3) is 0 Å². The number of aliphatic imine (C=N–C) groups is 1. The molecule has 7 atom stereocenters. The molecule has 0 radical (unpaired) electrons. The third kappa shape index (κ3) is 10.5. The number of phosphoric acid groups is 5. The van der Waals surface area contributed by atoms with Crippen molar-refractivity contribution in [3.63, 3.8) is 0 Å². The first-order chi connectivity index (χ1) is 25.1. The quantitative estimate of drug-likeness (QED) is 0.208. The third-order valence-corrected chi connectivity index (χ3v) is 15.6. The minimum Gasteiger partial charge on any atom is -0.756 e. The molecule has 23 nitrogen and oxygen atoms in total. The van der Waals surface area contributed by atoms with Gasteiger partial charge in [-0.15, -0.1) is 0 Å². The summed E-state index contributed by atoms with van der Waals surface area (Å²) >= 11 is 12.2. The maximum atomic E-state index is 12.5. The van der Waals surface area contributed by atoms with Gasteiger partial charge in [0, 0.05) is 22.7 Å². The van der Waals surface area contributed by atoms with Gasteiger partial charge in [-0.2, -0.15) is 0 Å². The number of nitrogens with one attached hydrogen (secondary N) is 1. The first kappa shape index (κ1) is 43.9. The highest BCUT2D eigenvalue weighted by atomic mass is 35.5. The van der Waals surface area contributed by atoms with Crippen LogP contribution in [0, 0.1) is 6.92 Å². The number of aryl methyl sites for hydroxylation is 1. The van der Waals surface area contributed by atoms with Gasteiger partial charge in [-0.05, 0) is 49.6 Å². The van der Waals surface area contributed by atoms with E-state index in [4.69, 9.17) is 27.9 Å². The van der Waals surface area contributed by atoms with Crippen LogP contribution in [-0.4, -0.2) is 33.8 Å². The Kier molecular flexibility index (Phi) is 12.4. The molecule has 5 rings (SSSR count). The maximum Gasteiger partial charge on any atom is 0.330 e. The average Bonchev–Trinajstić information content (AvgIpc) is 3.47. The van der Waals surface area contributed by atoms with E-state index in [1.165, 1.54) is 25.3 Å². The molecule has 1 aliphatic carbocycles. The van der Waals surface area contributed by atoms with E-state index in [0.717, 1.165) is 16.7 Å². The lowest BCUT2D eigenvalue weighted by atomic mass is 9.71. The smallest absolute Gasteiger partial charge is 0.330 e. The van der Waals surface area contributed by atoms with Crippen molar-refractivity contribution >= 4 is 79.5 Å². The van der Waals surface area contributed by atoms with Gasteiger partial charge in [-0.3, -0.25) is 42.0 Å². The SMILES string of the molecule is Cc1cn(C2CCC(COP(=O)([O-])OP(=O)([O-])OP(=O)([O-])OP(=O)([O-])OP(=O)([O-])Oc3ccc4c(c3)C(C)(C)C3=C(Cl)C(=O)C(Cl)=CC3=N4)O2)c(=O)[nH]c1=O. The Balaban J connectivity index is 1.18. The molecular formula is C25H23Cl2N3O20P5-5. The topological polar surface area (TPSA) is 350 Å². The van der Waals surface area contributed by atoms with Gasteiger partial charge in [0.15, 0.2) is 0 Å². The minimum absolute atomic E-state index is 0.0409. The molecular weight excluding hydrogens is 888 g/mol. The Hall–Kier alpha value is -2.19. The van der Waals surface area contributed by atoms with Crippen LogP contribution in [0.3, 0.4) is 0 Å². The van der Waals surface area contributed by atoms with Gasteiger partial charge in [0.1, 0.15) is 12.0 Å².